The van der Waals surface area contributed by atoms with E-state index in [4.69, 9.17) is 17.0 Å². The normalized spacial score (nSPS) is 11.3. The summed E-state index contributed by atoms with van der Waals surface area (Å²) in [5, 5.41) is 8.32. The number of aryl methyl sites for hydroxylation is 2. The largest absolute Gasteiger partial charge is 0.184 e. The Hall–Kier alpha value is -5.34. The maximum atomic E-state index is 4.93. The molecule has 1 aliphatic heterocycles. The standard InChI is InChI=1S/2C28H29.C12H7Si.2ClH.Zr/c2*1-4-5-11-21-18-23-16-17-25(22-12-7-6-8-13-22)28(27(23)19-21)26-15-10-9-14-24(26)20(2)3;1-3-7-11-9(5-1)10-6-2-4-8-12(10)13-11;;;/h2*6-10,12-20H,4-5,11H2,1-3H3;1-7H;2*1H;/q3*-1;;;+2/p-2. The molecule has 0 nitrogen and oxygen atoms in total. The molecule has 4 heteroatoms. The second kappa shape index (κ2) is 26.0. The molecule has 10 aromatic rings. The monoisotopic (exact) mass is 1070 g/mol. The van der Waals surface area contributed by atoms with Gasteiger partial charge in [-0.15, -0.1) is 62.5 Å². The van der Waals surface area contributed by atoms with Crippen LogP contribution in [0.15, 0.2) is 200 Å². The molecular weight excluding hydrogens is 1010 g/mol. The second-order valence-electron chi connectivity index (χ2n) is 19.3. The second-order valence-corrected chi connectivity index (χ2v) is 24.4. The van der Waals surface area contributed by atoms with Crippen LogP contribution in [-0.2, 0) is 33.7 Å². The summed E-state index contributed by atoms with van der Waals surface area (Å²) in [6.07, 6.45) is 7.30. The molecule has 1 heterocycles. The van der Waals surface area contributed by atoms with Crippen molar-refractivity contribution < 1.29 is 20.8 Å². The molecule has 72 heavy (non-hydrogen) atoms. The molecule has 11 rings (SSSR count). The van der Waals surface area contributed by atoms with Crippen molar-refractivity contribution in [2.24, 2.45) is 0 Å². The van der Waals surface area contributed by atoms with Gasteiger partial charge >= 0.3 is 37.9 Å². The summed E-state index contributed by atoms with van der Waals surface area (Å²) in [6.45, 7) is 13.7. The average molecular weight is 1070 g/mol. The predicted molar refractivity (Wildman–Crippen MR) is 314 cm³/mol. The summed E-state index contributed by atoms with van der Waals surface area (Å²) >= 11 is -0.826. The van der Waals surface area contributed by atoms with Gasteiger partial charge in [0.1, 0.15) is 0 Å². The van der Waals surface area contributed by atoms with Crippen molar-refractivity contribution in [3.8, 4) is 55.6 Å². The summed E-state index contributed by atoms with van der Waals surface area (Å²) in [6, 6.07) is 76.5. The topological polar surface area (TPSA) is 0 Å². The Morgan fingerprint density at radius 3 is 1.35 bits per heavy atom. The summed E-state index contributed by atoms with van der Waals surface area (Å²) in [5.74, 6) is 0.981. The van der Waals surface area contributed by atoms with Gasteiger partial charge in [0.2, 0.25) is 0 Å². The summed E-state index contributed by atoms with van der Waals surface area (Å²) in [5.41, 5.74) is 19.3. The Bertz CT molecular complexity index is 3080. The minimum atomic E-state index is -0.826. The van der Waals surface area contributed by atoms with Crippen molar-refractivity contribution >= 4 is 58.5 Å². The first kappa shape index (κ1) is 53.0. The first-order valence-electron chi connectivity index (χ1n) is 25.8. The Labute approximate surface area is 451 Å². The quantitative estimate of drug-likeness (QED) is 0.0845. The minimum absolute atomic E-state index is 0.490. The van der Waals surface area contributed by atoms with Crippen LogP contribution in [0.25, 0.3) is 77.2 Å². The summed E-state index contributed by atoms with van der Waals surface area (Å²) < 4.78 is 0. The van der Waals surface area contributed by atoms with Crippen molar-refractivity contribution in [1.82, 2.24) is 0 Å². The van der Waals surface area contributed by atoms with Crippen LogP contribution in [0.4, 0.5) is 0 Å². The third-order valence-electron chi connectivity index (χ3n) is 13.7. The van der Waals surface area contributed by atoms with Crippen molar-refractivity contribution in [2.45, 2.75) is 91.9 Å². The smallest absolute Gasteiger partial charge is 0.0920 e. The van der Waals surface area contributed by atoms with Gasteiger partial charge in [-0.1, -0.05) is 235 Å². The molecular formula is C68H65Cl2SiZr-3. The number of hydrogen-bond donors (Lipinski definition) is 0. The molecule has 0 saturated carbocycles. The SMILES string of the molecule is CCCCc1cc2c(-c3ccccc3C(C)C)c(-c3ccccc3)ccc2[cH-]1.CCCCc1cc2c(-c3ccccc3C(C)C)c(-c3ccccc3)ccc2[cH-]1.[Cl][Zr][Cl].[c-]1cccc2c1[Si]c1ccccc1-2. The zero-order valence-electron chi connectivity index (χ0n) is 42.7. The van der Waals surface area contributed by atoms with Gasteiger partial charge in [0, 0.05) is 0 Å². The number of benzene rings is 8. The molecule has 0 aromatic heterocycles. The molecule has 0 saturated heterocycles. The van der Waals surface area contributed by atoms with Crippen LogP contribution in [0.1, 0.15) is 101 Å². The van der Waals surface area contributed by atoms with Crippen LogP contribution in [-0.4, -0.2) is 9.52 Å². The molecule has 0 bridgehead atoms. The maximum absolute atomic E-state index is 4.93. The van der Waals surface area contributed by atoms with E-state index in [1.54, 1.807) is 0 Å². The Morgan fingerprint density at radius 1 is 0.472 bits per heavy atom. The van der Waals surface area contributed by atoms with Crippen molar-refractivity contribution in [3.63, 3.8) is 0 Å². The number of halogens is 2. The third-order valence-corrected chi connectivity index (χ3v) is 15.1. The Morgan fingerprint density at radius 2 is 0.889 bits per heavy atom. The van der Waals surface area contributed by atoms with Gasteiger partial charge < -0.3 is 0 Å². The number of unbranched alkanes of at least 4 members (excludes halogenated alkanes) is 2. The van der Waals surface area contributed by atoms with E-state index in [9.17, 15) is 0 Å². The first-order chi connectivity index (χ1) is 35.2. The van der Waals surface area contributed by atoms with E-state index in [0.717, 1.165) is 22.4 Å². The van der Waals surface area contributed by atoms with Gasteiger partial charge in [0.15, 0.2) is 0 Å². The fourth-order valence-electron chi connectivity index (χ4n) is 10.2. The molecule has 0 unspecified atom stereocenters. The predicted octanol–water partition coefficient (Wildman–Crippen LogP) is 19.2. The Balaban J connectivity index is 0.000000149. The molecule has 0 spiro atoms. The molecule has 0 amide bonds. The average Bonchev–Trinajstić information content (AvgIpc) is 4.15. The molecule has 0 fully saturated rings. The van der Waals surface area contributed by atoms with Gasteiger partial charge in [-0.05, 0) is 69.2 Å². The van der Waals surface area contributed by atoms with Gasteiger partial charge in [0.25, 0.3) is 0 Å². The van der Waals surface area contributed by atoms with Crippen molar-refractivity contribution in [2.75, 3.05) is 0 Å². The zero-order chi connectivity index (χ0) is 50.4. The van der Waals surface area contributed by atoms with Gasteiger partial charge in [-0.3, -0.25) is 0 Å². The van der Waals surface area contributed by atoms with Crippen LogP contribution < -0.4 is 10.4 Å². The maximum Gasteiger partial charge on any atom is 0.0920 e. The van der Waals surface area contributed by atoms with E-state index in [1.807, 2.05) is 6.07 Å². The van der Waals surface area contributed by atoms with Crippen LogP contribution in [0, 0.1) is 6.07 Å². The number of fused-ring (bicyclic) bond motifs is 5. The molecule has 10 aromatic carbocycles. The number of hydrogen-bond acceptors (Lipinski definition) is 0. The van der Waals surface area contributed by atoms with Crippen molar-refractivity contribution in [3.05, 3.63) is 229 Å². The summed E-state index contributed by atoms with van der Waals surface area (Å²) in [7, 11) is 10.7. The molecule has 0 atom stereocenters. The van der Waals surface area contributed by atoms with E-state index < -0.39 is 20.8 Å². The minimum Gasteiger partial charge on any atom is -0.184 e. The van der Waals surface area contributed by atoms with Gasteiger partial charge in [-0.2, -0.15) is 41.6 Å². The van der Waals surface area contributed by atoms with Gasteiger partial charge in [0.05, 0.1) is 9.52 Å². The van der Waals surface area contributed by atoms with E-state index in [0.29, 0.717) is 11.8 Å². The van der Waals surface area contributed by atoms with Crippen LogP contribution >= 0.6 is 17.0 Å². The zero-order valence-corrected chi connectivity index (χ0v) is 47.7. The molecule has 2 radical (unpaired) electrons. The molecule has 0 N–H and O–H groups in total. The van der Waals surface area contributed by atoms with E-state index in [1.165, 1.54) is 135 Å². The van der Waals surface area contributed by atoms with Crippen LogP contribution in [0.5, 0.6) is 0 Å². The van der Waals surface area contributed by atoms with E-state index in [2.05, 4.69) is 242 Å². The Kier molecular flexibility index (Phi) is 19.2. The fraction of sp³-hybridized carbons (Fsp3) is 0.206. The van der Waals surface area contributed by atoms with Crippen molar-refractivity contribution in [1.29, 1.82) is 0 Å². The number of rotatable bonds is 12. The molecule has 0 aliphatic carbocycles. The van der Waals surface area contributed by atoms with Crippen LogP contribution in [0.2, 0.25) is 0 Å². The van der Waals surface area contributed by atoms with E-state index >= 15 is 0 Å². The van der Waals surface area contributed by atoms with E-state index in [-0.39, 0.29) is 0 Å². The molecule has 1 aliphatic rings. The summed E-state index contributed by atoms with van der Waals surface area (Å²) in [4.78, 5) is 0. The van der Waals surface area contributed by atoms with Gasteiger partial charge in [-0.25, -0.2) is 0 Å². The van der Waals surface area contributed by atoms with Crippen LogP contribution in [0.3, 0.4) is 0 Å². The first-order valence-corrected chi connectivity index (χ1v) is 33.1. The fourth-order valence-corrected chi connectivity index (χ4v) is 11.5. The third kappa shape index (κ3) is 12.5. The molecule has 362 valence electrons.